The monoisotopic (exact) mass is 373 g/mol. The summed E-state index contributed by atoms with van der Waals surface area (Å²) in [6, 6.07) is 4.95. The highest BCUT2D eigenvalue weighted by molar-refractivity contribution is 7.88. The first-order valence-corrected chi connectivity index (χ1v) is 9.64. The Balaban J connectivity index is 2.74. The molecule has 8 nitrogen and oxygen atoms in total. The highest BCUT2D eigenvalue weighted by Crippen LogP contribution is 2.29. The second kappa shape index (κ2) is 9.59. The normalized spacial score (nSPS) is 11.6. The summed E-state index contributed by atoms with van der Waals surface area (Å²) in [6.07, 6.45) is 1.75. The van der Waals surface area contributed by atoms with Crippen LogP contribution in [0.2, 0.25) is 0 Å². The topological polar surface area (TPSA) is 88.2 Å². The lowest BCUT2D eigenvalue weighted by Crippen LogP contribution is -2.38. The molecular formula is C16H27N3O5S. The summed E-state index contributed by atoms with van der Waals surface area (Å²) in [5.41, 5.74) is 0.504. The predicted octanol–water partition coefficient (Wildman–Crippen LogP) is 0.856. The third-order valence-corrected chi connectivity index (χ3v) is 4.72. The van der Waals surface area contributed by atoms with Crippen LogP contribution in [-0.4, -0.2) is 77.7 Å². The summed E-state index contributed by atoms with van der Waals surface area (Å²) in [6.45, 7) is 0.792. The van der Waals surface area contributed by atoms with Crippen LogP contribution < -0.4 is 14.8 Å². The minimum atomic E-state index is -3.46. The van der Waals surface area contributed by atoms with Crippen molar-refractivity contribution in [3.63, 3.8) is 0 Å². The van der Waals surface area contributed by atoms with E-state index in [2.05, 4.69) is 5.32 Å². The molecule has 0 unspecified atom stereocenters. The molecule has 1 rings (SSSR count). The largest absolute Gasteiger partial charge is 0.493 e. The molecule has 142 valence electrons. The Bertz CT molecular complexity index is 676. The van der Waals surface area contributed by atoms with Crippen molar-refractivity contribution >= 4 is 21.6 Å². The molecule has 0 saturated carbocycles. The van der Waals surface area contributed by atoms with E-state index >= 15 is 0 Å². The van der Waals surface area contributed by atoms with Gasteiger partial charge in [-0.1, -0.05) is 0 Å². The van der Waals surface area contributed by atoms with E-state index < -0.39 is 15.9 Å². The van der Waals surface area contributed by atoms with Crippen molar-refractivity contribution in [1.29, 1.82) is 0 Å². The molecule has 9 heteroatoms. The Labute approximate surface area is 149 Å². The number of ether oxygens (including phenoxy) is 2. The van der Waals surface area contributed by atoms with Crippen LogP contribution in [-0.2, 0) is 14.8 Å². The fraction of sp³-hybridized carbons (Fsp3) is 0.562. The third-order valence-electron chi connectivity index (χ3n) is 3.47. The highest BCUT2D eigenvalue weighted by Gasteiger charge is 2.20. The van der Waals surface area contributed by atoms with Crippen LogP contribution in [0.15, 0.2) is 18.2 Å². The summed E-state index contributed by atoms with van der Waals surface area (Å²) >= 11 is 0. The second-order valence-electron chi connectivity index (χ2n) is 5.87. The zero-order chi connectivity index (χ0) is 19.0. The van der Waals surface area contributed by atoms with Crippen LogP contribution in [0.4, 0.5) is 5.69 Å². The number of benzene rings is 1. The highest BCUT2D eigenvalue weighted by atomic mass is 32.2. The van der Waals surface area contributed by atoms with Crippen LogP contribution in [0.1, 0.15) is 6.42 Å². The number of nitrogens with one attached hydrogen (secondary N) is 1. The molecule has 0 radical (unpaired) electrons. The molecule has 0 aliphatic rings. The van der Waals surface area contributed by atoms with Crippen molar-refractivity contribution in [1.82, 2.24) is 9.21 Å². The van der Waals surface area contributed by atoms with Crippen LogP contribution in [0.5, 0.6) is 11.5 Å². The minimum absolute atomic E-state index is 0.236. The summed E-state index contributed by atoms with van der Waals surface area (Å²) in [4.78, 5) is 14.2. The first kappa shape index (κ1) is 21.2. The van der Waals surface area contributed by atoms with Crippen molar-refractivity contribution in [2.24, 2.45) is 0 Å². The van der Waals surface area contributed by atoms with Gasteiger partial charge in [-0.15, -0.1) is 0 Å². The number of amides is 1. The van der Waals surface area contributed by atoms with Gasteiger partial charge in [0.1, 0.15) is 0 Å². The molecule has 0 atom stereocenters. The van der Waals surface area contributed by atoms with Crippen LogP contribution in [0.3, 0.4) is 0 Å². The first-order chi connectivity index (χ1) is 11.7. The van der Waals surface area contributed by atoms with Crippen LogP contribution >= 0.6 is 0 Å². The quantitative estimate of drug-likeness (QED) is 0.654. The van der Waals surface area contributed by atoms with Gasteiger partial charge in [0, 0.05) is 18.3 Å². The molecule has 0 heterocycles. The van der Waals surface area contributed by atoms with Gasteiger partial charge in [-0.25, -0.2) is 8.42 Å². The smallest absolute Gasteiger partial charge is 0.239 e. The molecule has 0 aliphatic heterocycles. The van der Waals surface area contributed by atoms with Crippen molar-refractivity contribution in [2.75, 3.05) is 59.5 Å². The third kappa shape index (κ3) is 7.29. The van der Waals surface area contributed by atoms with Crippen molar-refractivity contribution in [3.8, 4) is 11.5 Å². The standard InChI is InChI=1S/C16H27N3O5S/c1-18(2)9-6-10-19(25(5,21)22)12-16(20)17-13-7-8-14(23-3)15(11-13)24-4/h7-8,11H,6,9-10,12H2,1-5H3,(H,17,20). The van der Waals surface area contributed by atoms with E-state index in [4.69, 9.17) is 9.47 Å². The van der Waals surface area contributed by atoms with E-state index in [0.29, 0.717) is 23.6 Å². The molecule has 25 heavy (non-hydrogen) atoms. The van der Waals surface area contributed by atoms with Gasteiger partial charge < -0.3 is 19.7 Å². The molecule has 0 fully saturated rings. The van der Waals surface area contributed by atoms with Crippen molar-refractivity contribution in [2.45, 2.75) is 6.42 Å². The van der Waals surface area contributed by atoms with Gasteiger partial charge in [0.05, 0.1) is 27.0 Å². The number of methoxy groups -OCH3 is 2. The Morgan fingerprint density at radius 1 is 1.12 bits per heavy atom. The number of carbonyl (C=O) groups is 1. The SMILES string of the molecule is COc1ccc(NC(=O)CN(CCCN(C)C)S(C)(=O)=O)cc1OC. The molecule has 1 amide bonds. The number of hydrogen-bond acceptors (Lipinski definition) is 6. The number of rotatable bonds is 10. The number of anilines is 1. The number of hydrogen-bond donors (Lipinski definition) is 1. The molecule has 0 saturated heterocycles. The molecular weight excluding hydrogens is 346 g/mol. The molecule has 0 aliphatic carbocycles. The first-order valence-electron chi connectivity index (χ1n) is 7.79. The fourth-order valence-electron chi connectivity index (χ4n) is 2.20. The second-order valence-corrected chi connectivity index (χ2v) is 7.85. The lowest BCUT2D eigenvalue weighted by atomic mass is 10.2. The summed E-state index contributed by atoms with van der Waals surface area (Å²) in [5, 5.41) is 2.68. The van der Waals surface area contributed by atoms with Gasteiger partial charge in [0.15, 0.2) is 11.5 Å². The van der Waals surface area contributed by atoms with Gasteiger partial charge in [0.25, 0.3) is 0 Å². The number of sulfonamides is 1. The lowest BCUT2D eigenvalue weighted by molar-refractivity contribution is -0.116. The van der Waals surface area contributed by atoms with Gasteiger partial charge in [-0.3, -0.25) is 4.79 Å². The Kier molecular flexibility index (Phi) is 8.14. The van der Waals surface area contributed by atoms with E-state index in [1.165, 1.54) is 18.5 Å². The van der Waals surface area contributed by atoms with Crippen LogP contribution in [0, 0.1) is 0 Å². The van der Waals surface area contributed by atoms with E-state index in [1.54, 1.807) is 18.2 Å². The average molecular weight is 373 g/mol. The molecule has 1 aromatic rings. The Morgan fingerprint density at radius 2 is 1.76 bits per heavy atom. The van der Waals surface area contributed by atoms with E-state index in [9.17, 15) is 13.2 Å². The van der Waals surface area contributed by atoms with Gasteiger partial charge in [0.2, 0.25) is 15.9 Å². The molecule has 0 aromatic heterocycles. The van der Waals surface area contributed by atoms with Crippen molar-refractivity contribution in [3.05, 3.63) is 18.2 Å². The molecule has 0 spiro atoms. The maximum absolute atomic E-state index is 12.2. The van der Waals surface area contributed by atoms with E-state index in [0.717, 1.165) is 12.8 Å². The number of carbonyl (C=O) groups excluding carboxylic acids is 1. The maximum atomic E-state index is 12.2. The Morgan fingerprint density at radius 3 is 2.28 bits per heavy atom. The zero-order valence-corrected chi connectivity index (χ0v) is 16.2. The lowest BCUT2D eigenvalue weighted by Gasteiger charge is -2.20. The maximum Gasteiger partial charge on any atom is 0.239 e. The summed E-state index contributed by atoms with van der Waals surface area (Å²) in [7, 11) is 3.38. The Hall–Kier alpha value is -1.84. The van der Waals surface area contributed by atoms with E-state index in [-0.39, 0.29) is 13.1 Å². The van der Waals surface area contributed by atoms with Crippen LogP contribution in [0.25, 0.3) is 0 Å². The molecule has 0 bridgehead atoms. The molecule has 1 aromatic carbocycles. The van der Waals surface area contributed by atoms with Gasteiger partial charge >= 0.3 is 0 Å². The van der Waals surface area contributed by atoms with Gasteiger partial charge in [-0.2, -0.15) is 4.31 Å². The predicted molar refractivity (Wildman–Crippen MR) is 97.8 cm³/mol. The van der Waals surface area contributed by atoms with Crippen molar-refractivity contribution < 1.29 is 22.7 Å². The number of nitrogens with zero attached hydrogens (tertiary/aromatic N) is 2. The minimum Gasteiger partial charge on any atom is -0.493 e. The summed E-state index contributed by atoms with van der Waals surface area (Å²) < 4.78 is 35.2. The zero-order valence-electron chi connectivity index (χ0n) is 15.4. The van der Waals surface area contributed by atoms with E-state index in [1.807, 2.05) is 19.0 Å². The molecule has 1 N–H and O–H groups in total. The fourth-order valence-corrected chi connectivity index (χ4v) is 3.01. The summed E-state index contributed by atoms with van der Waals surface area (Å²) in [5.74, 6) is 0.607. The van der Waals surface area contributed by atoms with Gasteiger partial charge in [-0.05, 0) is 39.2 Å². The average Bonchev–Trinajstić information content (AvgIpc) is 2.52.